The van der Waals surface area contributed by atoms with Crippen LogP contribution in [0.4, 0.5) is 17.6 Å². The minimum absolute atomic E-state index is 0.136. The van der Waals surface area contributed by atoms with Crippen molar-refractivity contribution in [2.24, 2.45) is 0 Å². The molecular weight excluding hydrogens is 244 g/mol. The first kappa shape index (κ1) is 11.7. The van der Waals surface area contributed by atoms with Gasteiger partial charge in [0.15, 0.2) is 6.10 Å². The third-order valence-electron chi connectivity index (χ3n) is 1.55. The summed E-state index contributed by atoms with van der Waals surface area (Å²) in [5.74, 6) is -4.48. The SMILES string of the molecule is OC(c1sccc1Cl)C(F)(F)C(F)F. The van der Waals surface area contributed by atoms with Crippen LogP contribution >= 0.6 is 22.9 Å². The number of alkyl halides is 4. The Morgan fingerprint density at radius 1 is 1.43 bits per heavy atom. The summed E-state index contributed by atoms with van der Waals surface area (Å²) < 4.78 is 48.9. The summed E-state index contributed by atoms with van der Waals surface area (Å²) in [7, 11) is 0. The summed E-state index contributed by atoms with van der Waals surface area (Å²) in [5, 5.41) is 10.2. The maximum Gasteiger partial charge on any atom is 0.337 e. The molecule has 0 aliphatic rings. The second kappa shape index (κ2) is 4.04. The normalized spacial score (nSPS) is 14.8. The average molecular weight is 249 g/mol. The fourth-order valence-electron chi connectivity index (χ4n) is 0.795. The molecule has 1 rings (SSSR count). The molecular formula is C7H5ClF4OS. The van der Waals surface area contributed by atoms with E-state index in [0.717, 1.165) is 0 Å². The predicted octanol–water partition coefficient (Wildman–Crippen LogP) is 3.34. The Kier molecular flexibility index (Phi) is 3.39. The third kappa shape index (κ3) is 2.02. The Bertz CT molecular complexity index is 314. The first-order chi connectivity index (χ1) is 6.37. The highest BCUT2D eigenvalue weighted by Gasteiger charge is 2.49. The molecule has 1 N–H and O–H groups in total. The van der Waals surface area contributed by atoms with E-state index in [9.17, 15) is 17.6 Å². The van der Waals surface area contributed by atoms with E-state index in [0.29, 0.717) is 11.3 Å². The van der Waals surface area contributed by atoms with E-state index in [-0.39, 0.29) is 9.90 Å². The van der Waals surface area contributed by atoms with E-state index in [1.54, 1.807) is 0 Å². The molecule has 7 heteroatoms. The van der Waals surface area contributed by atoms with E-state index in [4.69, 9.17) is 16.7 Å². The summed E-state index contributed by atoms with van der Waals surface area (Å²) >= 11 is 6.12. The molecule has 0 spiro atoms. The van der Waals surface area contributed by atoms with Crippen LogP contribution in [0.3, 0.4) is 0 Å². The molecule has 1 unspecified atom stereocenters. The van der Waals surface area contributed by atoms with E-state index in [1.165, 1.54) is 11.4 Å². The van der Waals surface area contributed by atoms with E-state index >= 15 is 0 Å². The van der Waals surface area contributed by atoms with Crippen molar-refractivity contribution in [1.82, 2.24) is 0 Å². The molecule has 0 aromatic carbocycles. The lowest BCUT2D eigenvalue weighted by Crippen LogP contribution is -2.33. The number of rotatable bonds is 3. The first-order valence-corrected chi connectivity index (χ1v) is 4.70. The zero-order valence-electron chi connectivity index (χ0n) is 6.55. The van der Waals surface area contributed by atoms with Gasteiger partial charge in [-0.1, -0.05) is 11.6 Å². The minimum Gasteiger partial charge on any atom is -0.381 e. The quantitative estimate of drug-likeness (QED) is 0.814. The Labute approximate surface area is 85.9 Å². The molecule has 1 atom stereocenters. The lowest BCUT2D eigenvalue weighted by atomic mass is 10.1. The Hall–Kier alpha value is -0.330. The van der Waals surface area contributed by atoms with Crippen molar-refractivity contribution in [2.75, 3.05) is 0 Å². The largest absolute Gasteiger partial charge is 0.381 e. The fraction of sp³-hybridized carbons (Fsp3) is 0.429. The lowest BCUT2D eigenvalue weighted by Gasteiger charge is -2.20. The van der Waals surface area contributed by atoms with Crippen LogP contribution < -0.4 is 0 Å². The summed E-state index contributed by atoms with van der Waals surface area (Å²) in [6.07, 6.45) is -6.48. The van der Waals surface area contributed by atoms with Gasteiger partial charge in [0.2, 0.25) is 0 Å². The topological polar surface area (TPSA) is 20.2 Å². The second-order valence-electron chi connectivity index (χ2n) is 2.51. The summed E-state index contributed by atoms with van der Waals surface area (Å²) in [6.45, 7) is 0. The Morgan fingerprint density at radius 3 is 2.36 bits per heavy atom. The van der Waals surface area contributed by atoms with E-state index in [1.807, 2.05) is 0 Å². The Balaban J connectivity index is 2.96. The summed E-state index contributed by atoms with van der Waals surface area (Å²) in [4.78, 5) is -0.350. The lowest BCUT2D eigenvalue weighted by molar-refractivity contribution is -0.192. The number of halogens is 5. The van der Waals surface area contributed by atoms with Gasteiger partial charge in [0.1, 0.15) is 0 Å². The van der Waals surface area contributed by atoms with Crippen LogP contribution in [0.25, 0.3) is 0 Å². The van der Waals surface area contributed by atoms with Crippen molar-refractivity contribution in [3.8, 4) is 0 Å². The molecule has 0 amide bonds. The number of thiophene rings is 1. The van der Waals surface area contributed by atoms with Gasteiger partial charge in [-0.2, -0.15) is 8.78 Å². The first-order valence-electron chi connectivity index (χ1n) is 3.44. The van der Waals surface area contributed by atoms with Crippen LogP contribution in [-0.2, 0) is 0 Å². The van der Waals surface area contributed by atoms with Crippen molar-refractivity contribution < 1.29 is 22.7 Å². The monoisotopic (exact) mass is 248 g/mol. The van der Waals surface area contributed by atoms with Crippen molar-refractivity contribution in [3.63, 3.8) is 0 Å². The summed E-state index contributed by atoms with van der Waals surface area (Å²) in [5.41, 5.74) is 0. The molecule has 0 radical (unpaired) electrons. The highest BCUT2D eigenvalue weighted by Crippen LogP contribution is 2.41. The molecule has 0 fully saturated rings. The number of aliphatic hydroxyl groups excluding tert-OH is 1. The smallest absolute Gasteiger partial charge is 0.337 e. The maximum absolute atomic E-state index is 12.6. The fourth-order valence-corrected chi connectivity index (χ4v) is 1.99. The third-order valence-corrected chi connectivity index (χ3v) is 2.96. The van der Waals surface area contributed by atoms with Crippen LogP contribution in [0.2, 0.25) is 5.02 Å². The average Bonchev–Trinajstić information content (AvgIpc) is 2.49. The molecule has 0 bridgehead atoms. The van der Waals surface area contributed by atoms with Gasteiger partial charge in [0, 0.05) is 0 Å². The van der Waals surface area contributed by atoms with Crippen molar-refractivity contribution >= 4 is 22.9 Å². The highest BCUT2D eigenvalue weighted by molar-refractivity contribution is 7.10. The standard InChI is InChI=1S/C7H5ClF4OS/c8-3-1-2-14-4(3)5(13)7(11,12)6(9)10/h1-2,5-6,13H. The maximum atomic E-state index is 12.6. The molecule has 80 valence electrons. The van der Waals surface area contributed by atoms with Gasteiger partial charge in [0.05, 0.1) is 9.90 Å². The number of aliphatic hydroxyl groups is 1. The van der Waals surface area contributed by atoms with Crippen LogP contribution in [0.1, 0.15) is 11.0 Å². The van der Waals surface area contributed by atoms with Crippen molar-refractivity contribution in [3.05, 3.63) is 21.3 Å². The van der Waals surface area contributed by atoms with Crippen LogP contribution in [0, 0.1) is 0 Å². The second-order valence-corrected chi connectivity index (χ2v) is 3.87. The van der Waals surface area contributed by atoms with E-state index < -0.39 is 18.5 Å². The van der Waals surface area contributed by atoms with Gasteiger partial charge in [-0.15, -0.1) is 11.3 Å². The molecule has 0 aliphatic carbocycles. The predicted molar refractivity (Wildman–Crippen MR) is 45.2 cm³/mol. The molecule has 1 nitrogen and oxygen atoms in total. The van der Waals surface area contributed by atoms with Gasteiger partial charge in [-0.3, -0.25) is 0 Å². The molecule has 14 heavy (non-hydrogen) atoms. The Morgan fingerprint density at radius 2 is 2.00 bits per heavy atom. The highest BCUT2D eigenvalue weighted by atomic mass is 35.5. The van der Waals surface area contributed by atoms with Crippen LogP contribution in [0.5, 0.6) is 0 Å². The van der Waals surface area contributed by atoms with Crippen LogP contribution in [0.15, 0.2) is 11.4 Å². The van der Waals surface area contributed by atoms with Gasteiger partial charge >= 0.3 is 12.3 Å². The molecule has 0 aliphatic heterocycles. The number of hydrogen-bond acceptors (Lipinski definition) is 2. The van der Waals surface area contributed by atoms with Crippen molar-refractivity contribution in [1.29, 1.82) is 0 Å². The van der Waals surface area contributed by atoms with Gasteiger partial charge in [-0.05, 0) is 11.4 Å². The number of hydrogen-bond donors (Lipinski definition) is 1. The zero-order chi connectivity index (χ0) is 10.9. The molecule has 1 heterocycles. The molecule has 1 aromatic rings. The van der Waals surface area contributed by atoms with Gasteiger partial charge in [0.25, 0.3) is 0 Å². The molecule has 0 saturated heterocycles. The zero-order valence-corrected chi connectivity index (χ0v) is 8.13. The minimum atomic E-state index is -4.48. The molecule has 0 saturated carbocycles. The van der Waals surface area contributed by atoms with Crippen LogP contribution in [-0.4, -0.2) is 17.5 Å². The van der Waals surface area contributed by atoms with Gasteiger partial charge in [-0.25, -0.2) is 8.78 Å². The van der Waals surface area contributed by atoms with E-state index in [2.05, 4.69) is 0 Å². The molecule has 1 aromatic heterocycles. The van der Waals surface area contributed by atoms with Gasteiger partial charge < -0.3 is 5.11 Å². The van der Waals surface area contributed by atoms with Crippen molar-refractivity contribution in [2.45, 2.75) is 18.5 Å². The summed E-state index contributed by atoms with van der Waals surface area (Å²) in [6, 6.07) is 1.26.